The van der Waals surface area contributed by atoms with E-state index in [-0.39, 0.29) is 12.0 Å². The normalized spacial score (nSPS) is 18.1. The molecule has 7 heteroatoms. The molecule has 156 valence electrons. The molecular weight excluding hydrogens is 400 g/mol. The summed E-state index contributed by atoms with van der Waals surface area (Å²) in [5, 5.41) is 3.87. The average molecular weight is 425 g/mol. The molecule has 0 spiro atoms. The molecule has 0 bridgehead atoms. The first kappa shape index (κ1) is 20.2. The van der Waals surface area contributed by atoms with Crippen molar-refractivity contribution in [3.63, 3.8) is 0 Å². The van der Waals surface area contributed by atoms with Gasteiger partial charge in [0.25, 0.3) is 0 Å². The van der Waals surface area contributed by atoms with Crippen molar-refractivity contribution in [2.24, 2.45) is 0 Å². The molecule has 2 aromatic carbocycles. The maximum absolute atomic E-state index is 12.9. The zero-order valence-electron chi connectivity index (χ0n) is 17.0. The van der Waals surface area contributed by atoms with Gasteiger partial charge in [-0.15, -0.1) is 0 Å². The molecule has 6 nitrogen and oxygen atoms in total. The van der Waals surface area contributed by atoms with E-state index in [0.29, 0.717) is 41.8 Å². The highest BCUT2D eigenvalue weighted by molar-refractivity contribution is 7.80. The van der Waals surface area contributed by atoms with Gasteiger partial charge in [0.15, 0.2) is 16.6 Å². The number of rotatable bonds is 5. The molecule has 2 aliphatic heterocycles. The molecule has 0 aromatic heterocycles. The lowest BCUT2D eigenvalue weighted by Gasteiger charge is -2.39. The summed E-state index contributed by atoms with van der Waals surface area (Å²) in [6, 6.07) is 15.1. The van der Waals surface area contributed by atoms with Gasteiger partial charge in [-0.3, -0.25) is 4.90 Å². The second kappa shape index (κ2) is 8.75. The number of hydrogen-bond donors (Lipinski definition) is 1. The van der Waals surface area contributed by atoms with Crippen molar-refractivity contribution >= 4 is 29.0 Å². The number of thiocarbonyl (C=S) groups is 1. The quantitative estimate of drug-likeness (QED) is 0.572. The highest BCUT2D eigenvalue weighted by Crippen LogP contribution is 2.40. The Kier molecular flexibility index (Phi) is 5.90. The number of carbonyl (C=O) groups excluding carboxylic acids is 1. The summed E-state index contributed by atoms with van der Waals surface area (Å²) in [7, 11) is 1.41. The number of benzene rings is 2. The van der Waals surface area contributed by atoms with Crippen LogP contribution in [-0.2, 0) is 9.53 Å². The topological polar surface area (TPSA) is 60.0 Å². The Morgan fingerprint density at radius 3 is 2.60 bits per heavy atom. The predicted octanol–water partition coefficient (Wildman–Crippen LogP) is 4.12. The van der Waals surface area contributed by atoms with Gasteiger partial charge in [-0.1, -0.05) is 43.7 Å². The fraction of sp³-hybridized carbons (Fsp3) is 0.304. The SMILES string of the molecule is CCCC1=C(C(=O)OC)[C@@H](c2ccccc2)NC(=S)N1c1ccc2c(c1)OCCO2. The summed E-state index contributed by atoms with van der Waals surface area (Å²) >= 11 is 5.76. The molecule has 0 saturated carbocycles. The van der Waals surface area contributed by atoms with Gasteiger partial charge in [-0.25, -0.2) is 4.79 Å². The van der Waals surface area contributed by atoms with E-state index in [1.807, 2.05) is 53.4 Å². The summed E-state index contributed by atoms with van der Waals surface area (Å²) in [6.45, 7) is 3.11. The zero-order chi connectivity index (χ0) is 21.1. The van der Waals surface area contributed by atoms with Crippen LogP contribution < -0.4 is 19.7 Å². The van der Waals surface area contributed by atoms with Crippen molar-refractivity contribution in [2.75, 3.05) is 25.2 Å². The number of anilines is 1. The molecule has 4 rings (SSSR count). The van der Waals surface area contributed by atoms with Crippen LogP contribution in [0.3, 0.4) is 0 Å². The van der Waals surface area contributed by atoms with Crippen molar-refractivity contribution < 1.29 is 19.0 Å². The maximum atomic E-state index is 12.9. The van der Waals surface area contributed by atoms with Crippen LogP contribution in [0.1, 0.15) is 31.4 Å². The predicted molar refractivity (Wildman–Crippen MR) is 119 cm³/mol. The van der Waals surface area contributed by atoms with Crippen molar-refractivity contribution in [1.82, 2.24) is 5.32 Å². The van der Waals surface area contributed by atoms with Crippen LogP contribution in [0.5, 0.6) is 11.5 Å². The fourth-order valence-electron chi connectivity index (χ4n) is 3.84. The molecule has 2 aromatic rings. The van der Waals surface area contributed by atoms with E-state index in [2.05, 4.69) is 12.2 Å². The Bertz CT molecular complexity index is 990. The van der Waals surface area contributed by atoms with Crippen LogP contribution in [0.25, 0.3) is 0 Å². The van der Waals surface area contributed by atoms with Crippen LogP contribution in [0.4, 0.5) is 5.69 Å². The van der Waals surface area contributed by atoms with Crippen LogP contribution >= 0.6 is 12.2 Å². The number of hydrogen-bond acceptors (Lipinski definition) is 5. The van der Waals surface area contributed by atoms with E-state index in [1.165, 1.54) is 7.11 Å². The zero-order valence-corrected chi connectivity index (χ0v) is 17.8. The Labute approximate surface area is 181 Å². The van der Waals surface area contributed by atoms with Gasteiger partial charge in [0.1, 0.15) is 13.2 Å². The number of ether oxygens (including phenoxy) is 3. The van der Waals surface area contributed by atoms with Gasteiger partial charge >= 0.3 is 5.97 Å². The Morgan fingerprint density at radius 2 is 1.90 bits per heavy atom. The molecule has 2 aliphatic rings. The second-order valence-corrected chi connectivity index (χ2v) is 7.45. The van der Waals surface area contributed by atoms with Crippen LogP contribution in [-0.4, -0.2) is 31.4 Å². The number of allylic oxidation sites excluding steroid dienone is 1. The molecule has 0 unspecified atom stereocenters. The van der Waals surface area contributed by atoms with Gasteiger partial charge in [0.05, 0.1) is 24.4 Å². The molecule has 1 N–H and O–H groups in total. The number of nitrogens with one attached hydrogen (secondary N) is 1. The maximum Gasteiger partial charge on any atom is 0.337 e. The highest BCUT2D eigenvalue weighted by atomic mass is 32.1. The van der Waals surface area contributed by atoms with Gasteiger partial charge in [0, 0.05) is 11.8 Å². The van der Waals surface area contributed by atoms with E-state index in [0.717, 1.165) is 23.4 Å². The number of nitrogens with zero attached hydrogens (tertiary/aromatic N) is 1. The molecular formula is C23H24N2O4S. The van der Waals surface area contributed by atoms with Gasteiger partial charge in [0.2, 0.25) is 0 Å². The number of esters is 1. The Hall–Kier alpha value is -3.06. The fourth-order valence-corrected chi connectivity index (χ4v) is 4.17. The lowest BCUT2D eigenvalue weighted by atomic mass is 9.93. The minimum atomic E-state index is -0.374. The van der Waals surface area contributed by atoms with Crippen LogP contribution in [0.2, 0.25) is 0 Å². The monoisotopic (exact) mass is 424 g/mol. The third-order valence-corrected chi connectivity index (χ3v) is 5.45. The van der Waals surface area contributed by atoms with Crippen molar-refractivity contribution in [3.8, 4) is 11.5 Å². The number of carbonyl (C=O) groups is 1. The lowest BCUT2D eigenvalue weighted by Crippen LogP contribution is -2.48. The lowest BCUT2D eigenvalue weighted by molar-refractivity contribution is -0.136. The third-order valence-electron chi connectivity index (χ3n) is 5.15. The average Bonchev–Trinajstić information content (AvgIpc) is 2.79. The Balaban J connectivity index is 1.86. The van der Waals surface area contributed by atoms with Gasteiger partial charge < -0.3 is 19.5 Å². The molecule has 0 aliphatic carbocycles. The first-order chi connectivity index (χ1) is 14.6. The molecule has 1 atom stereocenters. The molecule has 0 amide bonds. The molecule has 0 saturated heterocycles. The standard InChI is InChI=1S/C23H24N2O4S/c1-3-7-17-20(22(26)27-2)21(15-8-5-4-6-9-15)24-23(30)25(17)16-10-11-18-19(14-16)29-13-12-28-18/h4-6,8-11,14,21H,3,7,12-13H2,1-2H3,(H,24,30)/t21-/m1/s1. The van der Waals surface area contributed by atoms with E-state index in [9.17, 15) is 4.79 Å². The minimum Gasteiger partial charge on any atom is -0.486 e. The smallest absolute Gasteiger partial charge is 0.337 e. The minimum absolute atomic E-state index is 0.371. The number of fused-ring (bicyclic) bond motifs is 1. The van der Waals surface area contributed by atoms with Gasteiger partial charge in [-0.2, -0.15) is 0 Å². The molecule has 2 heterocycles. The van der Waals surface area contributed by atoms with Crippen molar-refractivity contribution in [1.29, 1.82) is 0 Å². The largest absolute Gasteiger partial charge is 0.486 e. The summed E-state index contributed by atoms with van der Waals surface area (Å²) in [5.74, 6) is 1.00. The summed E-state index contributed by atoms with van der Waals surface area (Å²) in [4.78, 5) is 14.8. The first-order valence-corrected chi connectivity index (χ1v) is 10.4. The van der Waals surface area contributed by atoms with Crippen LogP contribution in [0.15, 0.2) is 59.8 Å². The molecule has 0 fully saturated rings. The molecule has 0 radical (unpaired) electrons. The van der Waals surface area contributed by atoms with Gasteiger partial charge in [-0.05, 0) is 36.3 Å². The summed E-state index contributed by atoms with van der Waals surface area (Å²) in [5.41, 5.74) is 3.16. The summed E-state index contributed by atoms with van der Waals surface area (Å²) in [6.07, 6.45) is 1.52. The highest BCUT2D eigenvalue weighted by Gasteiger charge is 2.36. The van der Waals surface area contributed by atoms with E-state index < -0.39 is 0 Å². The second-order valence-electron chi connectivity index (χ2n) is 7.06. The third kappa shape index (κ3) is 3.73. The first-order valence-electron chi connectivity index (χ1n) is 10.0. The van der Waals surface area contributed by atoms with Crippen molar-refractivity contribution in [2.45, 2.75) is 25.8 Å². The van der Waals surface area contributed by atoms with E-state index in [4.69, 9.17) is 26.4 Å². The van der Waals surface area contributed by atoms with Crippen LogP contribution in [0, 0.1) is 0 Å². The van der Waals surface area contributed by atoms with E-state index in [1.54, 1.807) is 0 Å². The number of methoxy groups -OCH3 is 1. The molecule has 30 heavy (non-hydrogen) atoms. The summed E-state index contributed by atoms with van der Waals surface area (Å²) < 4.78 is 16.6. The Morgan fingerprint density at radius 1 is 1.17 bits per heavy atom. The van der Waals surface area contributed by atoms with E-state index >= 15 is 0 Å². The van der Waals surface area contributed by atoms with Crippen molar-refractivity contribution in [3.05, 3.63) is 65.4 Å².